The molecular formula is C15H16F2N4O3S. The number of aromatic nitrogens is 3. The SMILES string of the molecule is CC(C)n1cnnc1SCC(=O)NC(=O)c1ccc(OC(F)F)cc1. The summed E-state index contributed by atoms with van der Waals surface area (Å²) in [5, 5.41) is 10.5. The van der Waals surface area contributed by atoms with E-state index in [9.17, 15) is 18.4 Å². The quantitative estimate of drug-likeness (QED) is 0.754. The first kappa shape index (κ1) is 18.8. The van der Waals surface area contributed by atoms with Crippen LogP contribution in [-0.4, -0.2) is 38.9 Å². The summed E-state index contributed by atoms with van der Waals surface area (Å²) in [4.78, 5) is 23.8. The Morgan fingerprint density at radius 3 is 2.56 bits per heavy atom. The van der Waals surface area contributed by atoms with Gasteiger partial charge < -0.3 is 9.30 Å². The second-order valence-electron chi connectivity index (χ2n) is 5.18. The van der Waals surface area contributed by atoms with E-state index in [2.05, 4.69) is 20.3 Å². The molecule has 10 heteroatoms. The number of ether oxygens (including phenoxy) is 1. The number of nitrogens with zero attached hydrogens (tertiary/aromatic N) is 3. The van der Waals surface area contributed by atoms with Crippen LogP contribution in [0.4, 0.5) is 8.78 Å². The van der Waals surface area contributed by atoms with E-state index < -0.39 is 18.4 Å². The van der Waals surface area contributed by atoms with Crippen molar-refractivity contribution in [1.29, 1.82) is 0 Å². The third-order valence-corrected chi connectivity index (χ3v) is 3.98. The zero-order valence-electron chi connectivity index (χ0n) is 13.5. The molecule has 0 saturated heterocycles. The third kappa shape index (κ3) is 5.52. The Labute approximate surface area is 146 Å². The molecule has 2 rings (SSSR count). The Morgan fingerprint density at radius 2 is 1.96 bits per heavy atom. The van der Waals surface area contributed by atoms with Gasteiger partial charge in [-0.15, -0.1) is 10.2 Å². The van der Waals surface area contributed by atoms with Crippen LogP contribution in [0.15, 0.2) is 35.7 Å². The maximum atomic E-state index is 12.1. The van der Waals surface area contributed by atoms with Gasteiger partial charge in [0.05, 0.1) is 5.75 Å². The lowest BCUT2D eigenvalue weighted by Crippen LogP contribution is -2.31. The largest absolute Gasteiger partial charge is 0.435 e. The Hall–Kier alpha value is -2.49. The molecule has 0 fully saturated rings. The average molecular weight is 370 g/mol. The number of thioether (sulfide) groups is 1. The van der Waals surface area contributed by atoms with Crippen molar-refractivity contribution in [2.24, 2.45) is 0 Å². The molecule has 0 aliphatic rings. The van der Waals surface area contributed by atoms with Crippen LogP contribution < -0.4 is 10.1 Å². The smallest absolute Gasteiger partial charge is 0.387 e. The summed E-state index contributed by atoms with van der Waals surface area (Å²) in [5.41, 5.74) is 0.158. The van der Waals surface area contributed by atoms with E-state index in [1.165, 1.54) is 24.3 Å². The zero-order chi connectivity index (χ0) is 18.4. The van der Waals surface area contributed by atoms with Crippen LogP contribution in [0.3, 0.4) is 0 Å². The summed E-state index contributed by atoms with van der Waals surface area (Å²) in [7, 11) is 0. The monoisotopic (exact) mass is 370 g/mol. The fourth-order valence-corrected chi connectivity index (χ4v) is 2.69. The van der Waals surface area contributed by atoms with Gasteiger partial charge in [-0.25, -0.2) is 0 Å². The highest BCUT2D eigenvalue weighted by Crippen LogP contribution is 2.18. The third-order valence-electron chi connectivity index (χ3n) is 3.02. The van der Waals surface area contributed by atoms with Crippen molar-refractivity contribution in [1.82, 2.24) is 20.1 Å². The van der Waals surface area contributed by atoms with Crippen molar-refractivity contribution in [3.05, 3.63) is 36.2 Å². The normalized spacial score (nSPS) is 11.0. The molecule has 1 heterocycles. The van der Waals surface area contributed by atoms with Crippen LogP contribution in [0.1, 0.15) is 30.2 Å². The lowest BCUT2D eigenvalue weighted by atomic mass is 10.2. The number of alkyl halides is 2. The highest BCUT2D eigenvalue weighted by atomic mass is 32.2. The molecule has 1 aromatic carbocycles. The first-order chi connectivity index (χ1) is 11.9. The van der Waals surface area contributed by atoms with Gasteiger partial charge in [-0.3, -0.25) is 14.9 Å². The van der Waals surface area contributed by atoms with Crippen molar-refractivity contribution in [3.8, 4) is 5.75 Å². The van der Waals surface area contributed by atoms with Crippen LogP contribution in [-0.2, 0) is 4.79 Å². The van der Waals surface area contributed by atoms with Gasteiger partial charge in [0.1, 0.15) is 12.1 Å². The molecule has 0 saturated carbocycles. The summed E-state index contributed by atoms with van der Waals surface area (Å²) in [5.74, 6) is -1.20. The summed E-state index contributed by atoms with van der Waals surface area (Å²) >= 11 is 1.16. The van der Waals surface area contributed by atoms with Gasteiger partial charge in [-0.2, -0.15) is 8.78 Å². The maximum Gasteiger partial charge on any atom is 0.387 e. The number of halogens is 2. The van der Waals surface area contributed by atoms with Crippen molar-refractivity contribution in [2.45, 2.75) is 31.7 Å². The van der Waals surface area contributed by atoms with Crippen molar-refractivity contribution >= 4 is 23.6 Å². The molecular weight excluding hydrogens is 354 g/mol. The highest BCUT2D eigenvalue weighted by molar-refractivity contribution is 7.99. The molecule has 1 N–H and O–H groups in total. The number of benzene rings is 1. The number of carbonyl (C=O) groups is 2. The molecule has 0 unspecified atom stereocenters. The van der Waals surface area contributed by atoms with Gasteiger partial charge in [0.25, 0.3) is 5.91 Å². The molecule has 25 heavy (non-hydrogen) atoms. The summed E-state index contributed by atoms with van der Waals surface area (Å²) in [6, 6.07) is 5.19. The molecule has 0 aliphatic heterocycles. The second kappa shape index (κ2) is 8.56. The van der Waals surface area contributed by atoms with E-state index in [1.807, 2.05) is 18.4 Å². The predicted molar refractivity (Wildman–Crippen MR) is 86.7 cm³/mol. The van der Waals surface area contributed by atoms with Gasteiger partial charge in [0, 0.05) is 11.6 Å². The number of carbonyl (C=O) groups excluding carboxylic acids is 2. The van der Waals surface area contributed by atoms with Gasteiger partial charge in [0.15, 0.2) is 5.16 Å². The first-order valence-electron chi connectivity index (χ1n) is 7.28. The Kier molecular flexibility index (Phi) is 6.45. The lowest BCUT2D eigenvalue weighted by Gasteiger charge is -2.09. The van der Waals surface area contributed by atoms with Crippen molar-refractivity contribution < 1.29 is 23.1 Å². The number of hydrogen-bond acceptors (Lipinski definition) is 6. The van der Waals surface area contributed by atoms with Gasteiger partial charge >= 0.3 is 6.61 Å². The molecule has 2 amide bonds. The van der Waals surface area contributed by atoms with E-state index >= 15 is 0 Å². The summed E-state index contributed by atoms with van der Waals surface area (Å²) in [6.07, 6.45) is 1.57. The summed E-state index contributed by atoms with van der Waals surface area (Å²) < 4.78 is 30.1. The number of imide groups is 1. The van der Waals surface area contributed by atoms with Crippen LogP contribution in [0.2, 0.25) is 0 Å². The van der Waals surface area contributed by atoms with Gasteiger partial charge in [-0.1, -0.05) is 11.8 Å². The molecule has 7 nitrogen and oxygen atoms in total. The molecule has 0 aliphatic carbocycles. The Morgan fingerprint density at radius 1 is 1.28 bits per heavy atom. The Bertz CT molecular complexity index is 735. The predicted octanol–water partition coefficient (Wildman–Crippen LogP) is 2.51. The first-order valence-corrected chi connectivity index (χ1v) is 8.26. The molecule has 2 aromatic rings. The number of nitrogens with one attached hydrogen (secondary N) is 1. The van der Waals surface area contributed by atoms with Crippen molar-refractivity contribution in [3.63, 3.8) is 0 Å². The van der Waals surface area contributed by atoms with Crippen LogP contribution in [0.25, 0.3) is 0 Å². The molecule has 0 bridgehead atoms. The van der Waals surface area contributed by atoms with Crippen LogP contribution in [0, 0.1) is 0 Å². The zero-order valence-corrected chi connectivity index (χ0v) is 14.3. The maximum absolute atomic E-state index is 12.1. The van der Waals surface area contributed by atoms with Crippen LogP contribution in [0.5, 0.6) is 5.75 Å². The molecule has 0 atom stereocenters. The average Bonchev–Trinajstić information content (AvgIpc) is 3.01. The van der Waals surface area contributed by atoms with E-state index in [0.717, 1.165) is 11.8 Å². The van der Waals surface area contributed by atoms with E-state index in [0.29, 0.717) is 5.16 Å². The van der Waals surface area contributed by atoms with E-state index in [-0.39, 0.29) is 23.1 Å². The minimum Gasteiger partial charge on any atom is -0.435 e. The van der Waals surface area contributed by atoms with E-state index in [1.54, 1.807) is 6.33 Å². The number of amides is 2. The minimum atomic E-state index is -2.94. The standard InChI is InChI=1S/C15H16F2N4O3S/c1-9(2)21-8-18-20-15(21)25-7-12(22)19-13(23)10-3-5-11(6-4-10)24-14(16)17/h3-6,8-9,14H,7H2,1-2H3,(H,19,22,23). The number of hydrogen-bond donors (Lipinski definition) is 1. The van der Waals surface area contributed by atoms with Gasteiger partial charge in [0.2, 0.25) is 5.91 Å². The molecule has 134 valence electrons. The topological polar surface area (TPSA) is 86.1 Å². The molecule has 0 radical (unpaired) electrons. The van der Waals surface area contributed by atoms with Crippen LogP contribution >= 0.6 is 11.8 Å². The van der Waals surface area contributed by atoms with E-state index in [4.69, 9.17) is 0 Å². The van der Waals surface area contributed by atoms with Crippen molar-refractivity contribution in [2.75, 3.05) is 5.75 Å². The molecule has 0 spiro atoms. The minimum absolute atomic E-state index is 0.0102. The second-order valence-corrected chi connectivity index (χ2v) is 6.13. The fourth-order valence-electron chi connectivity index (χ4n) is 1.84. The fraction of sp³-hybridized carbons (Fsp3) is 0.333. The highest BCUT2D eigenvalue weighted by Gasteiger charge is 2.14. The van der Waals surface area contributed by atoms with Gasteiger partial charge in [-0.05, 0) is 38.1 Å². The lowest BCUT2D eigenvalue weighted by molar-refractivity contribution is -0.117. The number of rotatable bonds is 7. The molecule has 1 aromatic heterocycles. The Balaban J connectivity index is 1.87. The summed E-state index contributed by atoms with van der Waals surface area (Å²) in [6.45, 7) is 0.975.